The Morgan fingerprint density at radius 3 is 2.44 bits per heavy atom. The molecular weight excluding hydrogens is 332 g/mol. The number of rotatable bonds is 3. The molecule has 0 atom stereocenters. The topological polar surface area (TPSA) is 137 Å². The smallest absolute Gasteiger partial charge is 0.311 e. The Kier molecular flexibility index (Phi) is 3.68. The van der Waals surface area contributed by atoms with Crippen molar-refractivity contribution < 1.29 is 19.4 Å². The molecule has 0 spiro atoms. The Hall–Kier alpha value is -3.75. The molecule has 1 heterocycles. The lowest BCUT2D eigenvalue weighted by atomic mass is 10.0. The Morgan fingerprint density at radius 1 is 1.08 bits per heavy atom. The van der Waals surface area contributed by atoms with Crippen molar-refractivity contribution in [3.8, 4) is 16.9 Å². The summed E-state index contributed by atoms with van der Waals surface area (Å²) in [6, 6.07) is 6.29. The fraction of sp³-hybridized carbons (Fsp3) is 0.0625. The normalized spacial score (nSPS) is 10.8. The largest absolute Gasteiger partial charge is 0.502 e. The van der Waals surface area contributed by atoms with Crippen LogP contribution in [0.4, 0.5) is 11.4 Å². The summed E-state index contributed by atoms with van der Waals surface area (Å²) < 4.78 is 5.32. The average molecular weight is 342 g/mol. The lowest BCUT2D eigenvalue weighted by Gasteiger charge is -2.05. The van der Waals surface area contributed by atoms with Gasteiger partial charge in [-0.15, -0.1) is 0 Å². The Labute approximate surface area is 139 Å². The van der Waals surface area contributed by atoms with E-state index in [2.05, 4.69) is 0 Å². The maximum Gasteiger partial charge on any atom is 0.311 e. The van der Waals surface area contributed by atoms with Crippen molar-refractivity contribution in [2.75, 3.05) is 0 Å². The minimum absolute atomic E-state index is 0.0410. The molecule has 0 aliphatic rings. The van der Waals surface area contributed by atoms with Gasteiger partial charge in [-0.05, 0) is 36.8 Å². The van der Waals surface area contributed by atoms with Crippen LogP contribution < -0.4 is 5.43 Å². The zero-order chi connectivity index (χ0) is 18.3. The summed E-state index contributed by atoms with van der Waals surface area (Å²) in [7, 11) is 0. The van der Waals surface area contributed by atoms with E-state index in [1.807, 2.05) is 0 Å². The van der Waals surface area contributed by atoms with Gasteiger partial charge in [0.15, 0.2) is 5.75 Å². The molecule has 126 valence electrons. The zero-order valence-electron chi connectivity index (χ0n) is 12.8. The summed E-state index contributed by atoms with van der Waals surface area (Å²) in [6.07, 6.45) is 1.08. The van der Waals surface area contributed by atoms with Crippen molar-refractivity contribution in [1.29, 1.82) is 0 Å². The molecule has 0 radical (unpaired) electrons. The van der Waals surface area contributed by atoms with Gasteiger partial charge in [-0.1, -0.05) is 0 Å². The summed E-state index contributed by atoms with van der Waals surface area (Å²) in [4.78, 5) is 33.6. The first-order valence-corrected chi connectivity index (χ1v) is 6.98. The summed E-state index contributed by atoms with van der Waals surface area (Å²) in [5, 5.41) is 31.6. The van der Waals surface area contributed by atoms with Crippen LogP contribution in [0.3, 0.4) is 0 Å². The van der Waals surface area contributed by atoms with Gasteiger partial charge in [0.25, 0.3) is 5.69 Å². The van der Waals surface area contributed by atoms with E-state index in [1.165, 1.54) is 25.1 Å². The summed E-state index contributed by atoms with van der Waals surface area (Å²) >= 11 is 0. The van der Waals surface area contributed by atoms with Crippen LogP contribution >= 0.6 is 0 Å². The van der Waals surface area contributed by atoms with Gasteiger partial charge in [0, 0.05) is 11.6 Å². The molecule has 0 saturated carbocycles. The van der Waals surface area contributed by atoms with Crippen LogP contribution in [0.5, 0.6) is 5.75 Å². The van der Waals surface area contributed by atoms with Gasteiger partial charge < -0.3 is 9.52 Å². The molecular formula is C16H10N2O7. The molecule has 25 heavy (non-hydrogen) atoms. The van der Waals surface area contributed by atoms with Crippen LogP contribution in [0.1, 0.15) is 5.56 Å². The molecule has 3 aromatic rings. The minimum Gasteiger partial charge on any atom is -0.502 e. The SMILES string of the molecule is Cc1ccc2occ(-c3ccc(O)c([N+](=O)[O-])c3)c(=O)c2c1[N+](=O)[O-]. The fourth-order valence-electron chi connectivity index (χ4n) is 2.58. The van der Waals surface area contributed by atoms with Crippen molar-refractivity contribution in [3.63, 3.8) is 0 Å². The third-order valence-corrected chi connectivity index (χ3v) is 3.78. The molecule has 0 amide bonds. The highest BCUT2D eigenvalue weighted by Crippen LogP contribution is 2.32. The predicted octanol–water partition coefficient (Wildman–Crippen LogP) is 3.29. The van der Waals surface area contributed by atoms with Crippen molar-refractivity contribution >= 4 is 22.3 Å². The maximum atomic E-state index is 12.8. The first-order chi connectivity index (χ1) is 11.8. The number of benzene rings is 2. The second-order valence-electron chi connectivity index (χ2n) is 5.30. The van der Waals surface area contributed by atoms with Gasteiger partial charge in [0.05, 0.1) is 15.4 Å². The Morgan fingerprint density at radius 2 is 1.80 bits per heavy atom. The van der Waals surface area contributed by atoms with Gasteiger partial charge in [0.1, 0.15) is 17.2 Å². The standard InChI is InChI=1S/C16H10N2O7/c1-8-2-5-13-14(15(8)18(23)24)16(20)10(7-25-13)9-3-4-12(19)11(6-9)17(21)22/h2-7,19H,1H3. The summed E-state index contributed by atoms with van der Waals surface area (Å²) in [6.45, 7) is 1.50. The molecule has 9 heteroatoms. The van der Waals surface area contributed by atoms with E-state index in [0.717, 1.165) is 18.4 Å². The minimum atomic E-state index is -0.798. The van der Waals surface area contributed by atoms with E-state index < -0.39 is 26.7 Å². The van der Waals surface area contributed by atoms with E-state index in [9.17, 15) is 30.1 Å². The van der Waals surface area contributed by atoms with E-state index >= 15 is 0 Å². The second-order valence-corrected chi connectivity index (χ2v) is 5.30. The van der Waals surface area contributed by atoms with Crippen LogP contribution in [0.2, 0.25) is 0 Å². The monoisotopic (exact) mass is 342 g/mol. The second kappa shape index (κ2) is 5.71. The van der Waals surface area contributed by atoms with Crippen LogP contribution in [0.25, 0.3) is 22.1 Å². The number of nitro groups is 2. The fourth-order valence-corrected chi connectivity index (χ4v) is 2.58. The number of nitro benzene ring substituents is 2. The average Bonchev–Trinajstić information content (AvgIpc) is 2.55. The Balaban J connectivity index is 2.36. The molecule has 0 aliphatic heterocycles. The molecule has 3 rings (SSSR count). The first kappa shape index (κ1) is 16.1. The van der Waals surface area contributed by atoms with Crippen molar-refractivity contribution in [3.05, 3.63) is 72.6 Å². The molecule has 1 N–H and O–H groups in total. The molecule has 0 bridgehead atoms. The van der Waals surface area contributed by atoms with Gasteiger partial charge in [-0.25, -0.2) is 0 Å². The lowest BCUT2D eigenvalue weighted by molar-refractivity contribution is -0.385. The van der Waals surface area contributed by atoms with Crippen LogP contribution in [0.15, 0.2) is 45.8 Å². The van der Waals surface area contributed by atoms with Crippen molar-refractivity contribution in [2.45, 2.75) is 6.92 Å². The van der Waals surface area contributed by atoms with E-state index in [4.69, 9.17) is 4.42 Å². The van der Waals surface area contributed by atoms with Gasteiger partial charge in [-0.2, -0.15) is 0 Å². The molecule has 1 aromatic heterocycles. The maximum absolute atomic E-state index is 12.8. The molecule has 0 aliphatic carbocycles. The highest BCUT2D eigenvalue weighted by molar-refractivity contribution is 5.91. The number of hydrogen-bond donors (Lipinski definition) is 1. The number of phenolic OH excluding ortho intramolecular Hbond substituents is 1. The number of nitrogens with zero attached hydrogens (tertiary/aromatic N) is 2. The van der Waals surface area contributed by atoms with Gasteiger partial charge >= 0.3 is 5.69 Å². The quantitative estimate of drug-likeness (QED) is 0.569. The number of aromatic hydroxyl groups is 1. The Bertz CT molecular complexity index is 1100. The lowest BCUT2D eigenvalue weighted by Crippen LogP contribution is -2.08. The number of phenols is 1. The number of aryl methyl sites for hydroxylation is 1. The van der Waals surface area contributed by atoms with Gasteiger partial charge in [0.2, 0.25) is 5.43 Å². The molecule has 9 nitrogen and oxygen atoms in total. The van der Waals surface area contributed by atoms with Crippen LogP contribution in [-0.4, -0.2) is 15.0 Å². The number of hydrogen-bond acceptors (Lipinski definition) is 7. The zero-order valence-corrected chi connectivity index (χ0v) is 12.8. The first-order valence-electron chi connectivity index (χ1n) is 6.98. The summed E-state index contributed by atoms with van der Waals surface area (Å²) in [5.41, 5.74) is -1.29. The van der Waals surface area contributed by atoms with Crippen LogP contribution in [0, 0.1) is 27.2 Å². The van der Waals surface area contributed by atoms with E-state index in [-0.39, 0.29) is 27.8 Å². The third kappa shape index (κ3) is 2.57. The van der Waals surface area contributed by atoms with Crippen molar-refractivity contribution in [1.82, 2.24) is 0 Å². The molecule has 0 unspecified atom stereocenters. The molecule has 2 aromatic carbocycles. The predicted molar refractivity (Wildman–Crippen MR) is 87.6 cm³/mol. The molecule has 0 saturated heterocycles. The number of fused-ring (bicyclic) bond motifs is 1. The highest BCUT2D eigenvalue weighted by Gasteiger charge is 2.23. The van der Waals surface area contributed by atoms with Gasteiger partial charge in [-0.3, -0.25) is 25.0 Å². The van der Waals surface area contributed by atoms with Crippen LogP contribution in [-0.2, 0) is 0 Å². The van der Waals surface area contributed by atoms with E-state index in [1.54, 1.807) is 0 Å². The summed E-state index contributed by atoms with van der Waals surface area (Å²) in [5.74, 6) is -0.555. The highest BCUT2D eigenvalue weighted by atomic mass is 16.6. The third-order valence-electron chi connectivity index (χ3n) is 3.78. The molecule has 0 fully saturated rings. The van der Waals surface area contributed by atoms with Crippen molar-refractivity contribution in [2.24, 2.45) is 0 Å². The van der Waals surface area contributed by atoms with E-state index in [0.29, 0.717) is 5.56 Å².